The fraction of sp³-hybridized carbons (Fsp3) is 0.350. The van der Waals surface area contributed by atoms with Crippen molar-refractivity contribution in [3.05, 3.63) is 59.2 Å². The number of carbonyl (C=O) groups is 1. The topological polar surface area (TPSA) is 64.8 Å². The molecule has 0 saturated carbocycles. The van der Waals surface area contributed by atoms with Gasteiger partial charge in [0.1, 0.15) is 0 Å². The molecule has 0 spiro atoms. The molecule has 2 aliphatic rings. The van der Waals surface area contributed by atoms with E-state index in [9.17, 15) is 4.79 Å². The number of rotatable bonds is 4. The third kappa shape index (κ3) is 3.33. The fourth-order valence-corrected chi connectivity index (χ4v) is 3.58. The van der Waals surface area contributed by atoms with Crippen LogP contribution in [0.3, 0.4) is 0 Å². The van der Waals surface area contributed by atoms with Crippen LogP contribution in [0.1, 0.15) is 29.0 Å². The van der Waals surface area contributed by atoms with E-state index in [1.807, 2.05) is 41.3 Å². The average molecular weight is 338 g/mol. The first-order valence-corrected chi connectivity index (χ1v) is 8.68. The van der Waals surface area contributed by atoms with Crippen molar-refractivity contribution in [1.82, 2.24) is 4.90 Å². The molecule has 25 heavy (non-hydrogen) atoms. The zero-order valence-electron chi connectivity index (χ0n) is 14.1. The molecule has 0 aromatic heterocycles. The van der Waals surface area contributed by atoms with Gasteiger partial charge in [0.15, 0.2) is 11.5 Å². The van der Waals surface area contributed by atoms with Gasteiger partial charge < -0.3 is 20.1 Å². The monoisotopic (exact) mass is 338 g/mol. The van der Waals surface area contributed by atoms with E-state index in [1.54, 1.807) is 0 Å². The molecule has 0 radical (unpaired) electrons. The Balaban J connectivity index is 1.40. The van der Waals surface area contributed by atoms with E-state index in [-0.39, 0.29) is 12.7 Å². The highest BCUT2D eigenvalue weighted by Gasteiger charge is 2.28. The molecule has 2 aromatic rings. The van der Waals surface area contributed by atoms with Gasteiger partial charge in [-0.25, -0.2) is 0 Å². The molecule has 2 aliphatic heterocycles. The fourth-order valence-electron chi connectivity index (χ4n) is 3.58. The predicted octanol–water partition coefficient (Wildman–Crippen LogP) is 2.43. The number of benzene rings is 2. The number of fused-ring (bicyclic) bond motifs is 1. The van der Waals surface area contributed by atoms with Crippen molar-refractivity contribution in [3.8, 4) is 11.5 Å². The Hall–Kier alpha value is -2.53. The molecule has 4 rings (SSSR count). The first kappa shape index (κ1) is 16.0. The minimum Gasteiger partial charge on any atom is -0.454 e. The van der Waals surface area contributed by atoms with Crippen LogP contribution in [0.2, 0.25) is 0 Å². The van der Waals surface area contributed by atoms with Gasteiger partial charge in [0.05, 0.1) is 6.42 Å². The summed E-state index contributed by atoms with van der Waals surface area (Å²) >= 11 is 0. The molecular weight excluding hydrogens is 316 g/mol. The van der Waals surface area contributed by atoms with Crippen LogP contribution in [0.25, 0.3) is 0 Å². The summed E-state index contributed by atoms with van der Waals surface area (Å²) in [7, 11) is 0. The summed E-state index contributed by atoms with van der Waals surface area (Å²) < 4.78 is 10.8. The Bertz CT molecular complexity index is 790. The highest BCUT2D eigenvalue weighted by Crippen LogP contribution is 2.37. The summed E-state index contributed by atoms with van der Waals surface area (Å²) in [6.07, 6.45) is 1.41. The van der Waals surface area contributed by atoms with E-state index in [2.05, 4.69) is 6.07 Å². The van der Waals surface area contributed by atoms with Crippen LogP contribution in [0.5, 0.6) is 11.5 Å². The molecule has 2 heterocycles. The number of likely N-dealkylation sites (tertiary alicyclic amines) is 1. The molecule has 130 valence electrons. The average Bonchev–Trinajstić information content (AvgIpc) is 3.30. The highest BCUT2D eigenvalue weighted by molar-refractivity contribution is 5.79. The molecule has 1 amide bonds. The van der Waals surface area contributed by atoms with Crippen LogP contribution in [0, 0.1) is 0 Å². The quantitative estimate of drug-likeness (QED) is 0.930. The van der Waals surface area contributed by atoms with E-state index in [1.165, 1.54) is 5.56 Å². The molecule has 1 atom stereocenters. The summed E-state index contributed by atoms with van der Waals surface area (Å²) in [6.45, 7) is 2.34. The van der Waals surface area contributed by atoms with E-state index < -0.39 is 0 Å². The maximum Gasteiger partial charge on any atom is 0.231 e. The largest absolute Gasteiger partial charge is 0.454 e. The van der Waals surface area contributed by atoms with E-state index in [4.69, 9.17) is 15.2 Å². The van der Waals surface area contributed by atoms with Gasteiger partial charge in [-0.3, -0.25) is 4.79 Å². The van der Waals surface area contributed by atoms with E-state index in [0.29, 0.717) is 18.9 Å². The lowest BCUT2D eigenvalue weighted by atomic mass is 9.98. The molecule has 0 bridgehead atoms. The number of amides is 1. The zero-order chi connectivity index (χ0) is 17.2. The third-order valence-corrected chi connectivity index (χ3v) is 4.99. The highest BCUT2D eigenvalue weighted by atomic mass is 16.7. The predicted molar refractivity (Wildman–Crippen MR) is 94.5 cm³/mol. The molecule has 2 aromatic carbocycles. The van der Waals surface area contributed by atoms with Crippen LogP contribution in [0.15, 0.2) is 42.5 Å². The van der Waals surface area contributed by atoms with Gasteiger partial charge in [-0.05, 0) is 35.2 Å². The van der Waals surface area contributed by atoms with Crippen LogP contribution in [0.4, 0.5) is 0 Å². The second-order valence-electron chi connectivity index (χ2n) is 6.64. The van der Waals surface area contributed by atoms with Crippen molar-refractivity contribution in [3.63, 3.8) is 0 Å². The van der Waals surface area contributed by atoms with Gasteiger partial charge in [-0.15, -0.1) is 0 Å². The summed E-state index contributed by atoms with van der Waals surface area (Å²) in [6, 6.07) is 14.0. The Kier molecular flexibility index (Phi) is 4.32. The Labute approximate surface area is 147 Å². The van der Waals surface area contributed by atoms with Gasteiger partial charge in [0.2, 0.25) is 12.7 Å². The number of hydrogen-bond acceptors (Lipinski definition) is 4. The molecule has 1 unspecified atom stereocenters. The third-order valence-electron chi connectivity index (χ3n) is 4.99. The standard InChI is InChI=1S/C20H22N2O3/c21-11-15-3-1-2-14(8-15)9-20(23)22-7-6-17(12-22)16-4-5-18-19(10-16)25-13-24-18/h1-5,8,10,17H,6-7,9,11-13,21H2. The lowest BCUT2D eigenvalue weighted by Gasteiger charge is -2.17. The molecule has 1 fully saturated rings. The number of nitrogens with zero attached hydrogens (tertiary/aromatic N) is 1. The second kappa shape index (κ2) is 6.76. The summed E-state index contributed by atoms with van der Waals surface area (Å²) in [4.78, 5) is 14.6. The van der Waals surface area contributed by atoms with Crippen LogP contribution in [-0.4, -0.2) is 30.7 Å². The Morgan fingerprint density at radius 3 is 2.84 bits per heavy atom. The van der Waals surface area contributed by atoms with Crippen molar-refractivity contribution in [1.29, 1.82) is 0 Å². The normalized spacial score (nSPS) is 18.6. The molecular formula is C20H22N2O3. The molecule has 0 aliphatic carbocycles. The smallest absolute Gasteiger partial charge is 0.231 e. The molecule has 2 N–H and O–H groups in total. The first-order valence-electron chi connectivity index (χ1n) is 8.68. The van der Waals surface area contributed by atoms with Gasteiger partial charge in [0.25, 0.3) is 0 Å². The minimum atomic E-state index is 0.178. The SMILES string of the molecule is NCc1cccc(CC(=O)N2CCC(c3ccc4c(c3)OCO4)C2)c1. The van der Waals surface area contributed by atoms with Crippen LogP contribution in [-0.2, 0) is 17.8 Å². The summed E-state index contributed by atoms with van der Waals surface area (Å²) in [5.41, 5.74) is 8.98. The molecule has 5 nitrogen and oxygen atoms in total. The van der Waals surface area contributed by atoms with Crippen LogP contribution >= 0.6 is 0 Å². The lowest BCUT2D eigenvalue weighted by molar-refractivity contribution is -0.129. The Morgan fingerprint density at radius 2 is 1.96 bits per heavy atom. The van der Waals surface area contributed by atoms with E-state index >= 15 is 0 Å². The van der Waals surface area contributed by atoms with E-state index in [0.717, 1.165) is 42.1 Å². The summed E-state index contributed by atoms with van der Waals surface area (Å²) in [5, 5.41) is 0. The maximum atomic E-state index is 12.6. The number of hydrogen-bond donors (Lipinski definition) is 1. The zero-order valence-corrected chi connectivity index (χ0v) is 14.1. The second-order valence-corrected chi connectivity index (χ2v) is 6.64. The van der Waals surface area contributed by atoms with Crippen molar-refractivity contribution in [2.45, 2.75) is 25.3 Å². The van der Waals surface area contributed by atoms with Gasteiger partial charge in [-0.1, -0.05) is 30.3 Å². The van der Waals surface area contributed by atoms with Gasteiger partial charge in [-0.2, -0.15) is 0 Å². The van der Waals surface area contributed by atoms with Crippen molar-refractivity contribution in [2.75, 3.05) is 19.9 Å². The van der Waals surface area contributed by atoms with Crippen molar-refractivity contribution >= 4 is 5.91 Å². The molecule has 1 saturated heterocycles. The maximum absolute atomic E-state index is 12.6. The van der Waals surface area contributed by atoms with Crippen molar-refractivity contribution in [2.24, 2.45) is 5.73 Å². The van der Waals surface area contributed by atoms with Crippen molar-refractivity contribution < 1.29 is 14.3 Å². The lowest BCUT2D eigenvalue weighted by Crippen LogP contribution is -2.29. The van der Waals surface area contributed by atoms with Gasteiger partial charge >= 0.3 is 0 Å². The number of carbonyl (C=O) groups excluding carboxylic acids is 1. The van der Waals surface area contributed by atoms with Crippen LogP contribution < -0.4 is 15.2 Å². The summed E-state index contributed by atoms with van der Waals surface area (Å²) in [5.74, 6) is 2.14. The van der Waals surface area contributed by atoms with Gasteiger partial charge in [0, 0.05) is 25.6 Å². The Morgan fingerprint density at radius 1 is 1.12 bits per heavy atom. The number of ether oxygens (including phenoxy) is 2. The molecule has 5 heteroatoms. The first-order chi connectivity index (χ1) is 12.2. The number of nitrogens with two attached hydrogens (primary N) is 1. The minimum absolute atomic E-state index is 0.178.